The molecule has 100 valence electrons. The normalized spacial score (nSPS) is 11.9. The Labute approximate surface area is 107 Å². The molecule has 1 rings (SSSR count). The van der Waals surface area contributed by atoms with E-state index in [2.05, 4.69) is 5.32 Å². The van der Waals surface area contributed by atoms with Crippen LogP contribution in [-0.2, 0) is 9.53 Å². The number of ether oxygens (including phenoxy) is 2. The third-order valence-corrected chi connectivity index (χ3v) is 2.38. The summed E-state index contributed by atoms with van der Waals surface area (Å²) >= 11 is 0. The van der Waals surface area contributed by atoms with E-state index in [0.717, 1.165) is 5.56 Å². The second-order valence-corrected chi connectivity index (χ2v) is 3.99. The number of rotatable bonds is 7. The van der Waals surface area contributed by atoms with Crippen LogP contribution in [0, 0.1) is 0 Å². The van der Waals surface area contributed by atoms with Gasteiger partial charge in [-0.2, -0.15) is 0 Å². The van der Waals surface area contributed by atoms with Crippen LogP contribution < -0.4 is 15.8 Å². The van der Waals surface area contributed by atoms with E-state index in [-0.39, 0.29) is 18.6 Å². The molecule has 5 heteroatoms. The van der Waals surface area contributed by atoms with Gasteiger partial charge in [0.05, 0.1) is 6.61 Å². The fraction of sp³-hybridized carbons (Fsp3) is 0.462. The lowest BCUT2D eigenvalue weighted by Crippen LogP contribution is -2.31. The monoisotopic (exact) mass is 252 g/mol. The molecule has 0 aliphatic heterocycles. The van der Waals surface area contributed by atoms with Gasteiger partial charge >= 0.3 is 0 Å². The molecule has 0 aliphatic rings. The van der Waals surface area contributed by atoms with Gasteiger partial charge in [0, 0.05) is 19.7 Å². The van der Waals surface area contributed by atoms with E-state index in [1.54, 1.807) is 13.2 Å². The minimum Gasteiger partial charge on any atom is -0.484 e. The first-order valence-electron chi connectivity index (χ1n) is 5.87. The van der Waals surface area contributed by atoms with Crippen LogP contribution in [0.25, 0.3) is 0 Å². The van der Waals surface area contributed by atoms with Gasteiger partial charge in [0.2, 0.25) is 0 Å². The van der Waals surface area contributed by atoms with Crippen molar-refractivity contribution in [1.82, 2.24) is 5.32 Å². The van der Waals surface area contributed by atoms with Crippen molar-refractivity contribution in [3.05, 3.63) is 29.8 Å². The highest BCUT2D eigenvalue weighted by molar-refractivity contribution is 5.77. The van der Waals surface area contributed by atoms with E-state index in [0.29, 0.717) is 18.9 Å². The number of nitrogens with one attached hydrogen (secondary N) is 1. The first-order valence-corrected chi connectivity index (χ1v) is 5.87. The third-order valence-electron chi connectivity index (χ3n) is 2.38. The van der Waals surface area contributed by atoms with Crippen molar-refractivity contribution in [2.24, 2.45) is 5.73 Å². The maximum absolute atomic E-state index is 11.4. The van der Waals surface area contributed by atoms with Gasteiger partial charge in [-0.05, 0) is 24.6 Å². The Morgan fingerprint density at radius 3 is 2.94 bits per heavy atom. The molecule has 1 aromatic rings. The maximum atomic E-state index is 11.4. The van der Waals surface area contributed by atoms with E-state index in [1.807, 2.05) is 25.1 Å². The van der Waals surface area contributed by atoms with Gasteiger partial charge in [-0.15, -0.1) is 0 Å². The molecule has 0 aromatic heterocycles. The second-order valence-electron chi connectivity index (χ2n) is 3.99. The summed E-state index contributed by atoms with van der Waals surface area (Å²) in [4.78, 5) is 11.4. The number of carbonyl (C=O) groups excluding carboxylic acids is 1. The molecule has 0 saturated carbocycles. The summed E-state index contributed by atoms with van der Waals surface area (Å²) in [5.74, 6) is 0.477. The Morgan fingerprint density at radius 2 is 2.28 bits per heavy atom. The van der Waals surface area contributed by atoms with Crippen LogP contribution in [0.5, 0.6) is 5.75 Å². The van der Waals surface area contributed by atoms with Gasteiger partial charge in [-0.25, -0.2) is 0 Å². The topological polar surface area (TPSA) is 73.6 Å². The summed E-state index contributed by atoms with van der Waals surface area (Å²) in [5.41, 5.74) is 6.75. The molecule has 5 nitrogen and oxygen atoms in total. The van der Waals surface area contributed by atoms with Gasteiger partial charge in [-0.1, -0.05) is 12.1 Å². The van der Waals surface area contributed by atoms with E-state index in [4.69, 9.17) is 15.2 Å². The zero-order valence-electron chi connectivity index (χ0n) is 10.8. The average Bonchev–Trinajstić information content (AvgIpc) is 2.37. The molecule has 0 fully saturated rings. The zero-order valence-corrected chi connectivity index (χ0v) is 10.8. The van der Waals surface area contributed by atoms with Gasteiger partial charge in [0.15, 0.2) is 6.61 Å². The SMILES string of the molecule is COCCNC(=O)COc1cccc([C@@H](C)N)c1. The van der Waals surface area contributed by atoms with Gasteiger partial charge in [-0.3, -0.25) is 4.79 Å². The maximum Gasteiger partial charge on any atom is 0.258 e. The number of amides is 1. The molecule has 0 aliphatic carbocycles. The predicted molar refractivity (Wildman–Crippen MR) is 69.4 cm³/mol. The first-order chi connectivity index (χ1) is 8.63. The summed E-state index contributed by atoms with van der Waals surface area (Å²) < 4.78 is 10.2. The molecule has 18 heavy (non-hydrogen) atoms. The largest absolute Gasteiger partial charge is 0.484 e. The van der Waals surface area contributed by atoms with E-state index >= 15 is 0 Å². The Bertz CT molecular complexity index is 380. The predicted octanol–water partition coefficient (Wildman–Crippen LogP) is 0.848. The number of hydrogen-bond donors (Lipinski definition) is 2. The fourth-order valence-corrected chi connectivity index (χ4v) is 1.38. The van der Waals surface area contributed by atoms with Crippen molar-refractivity contribution < 1.29 is 14.3 Å². The molecule has 0 bridgehead atoms. The summed E-state index contributed by atoms with van der Waals surface area (Å²) in [6.07, 6.45) is 0. The molecule has 0 saturated heterocycles. The number of nitrogens with two attached hydrogens (primary N) is 1. The van der Waals surface area contributed by atoms with Crippen LogP contribution in [0.3, 0.4) is 0 Å². The molecule has 1 atom stereocenters. The van der Waals surface area contributed by atoms with Crippen LogP contribution in [0.2, 0.25) is 0 Å². The lowest BCUT2D eigenvalue weighted by molar-refractivity contribution is -0.123. The number of hydrogen-bond acceptors (Lipinski definition) is 4. The van der Waals surface area contributed by atoms with Crippen molar-refractivity contribution in [1.29, 1.82) is 0 Å². The summed E-state index contributed by atoms with van der Waals surface area (Å²) in [6, 6.07) is 7.37. The van der Waals surface area contributed by atoms with E-state index < -0.39 is 0 Å². The van der Waals surface area contributed by atoms with Crippen LogP contribution in [0.1, 0.15) is 18.5 Å². The minimum atomic E-state index is -0.168. The molecule has 0 unspecified atom stereocenters. The van der Waals surface area contributed by atoms with Crippen LogP contribution in [-0.4, -0.2) is 32.8 Å². The van der Waals surface area contributed by atoms with Crippen molar-refractivity contribution in [3.63, 3.8) is 0 Å². The Hall–Kier alpha value is -1.59. The van der Waals surface area contributed by atoms with Gasteiger partial charge in [0.1, 0.15) is 5.75 Å². The van der Waals surface area contributed by atoms with Crippen molar-refractivity contribution in [2.45, 2.75) is 13.0 Å². The van der Waals surface area contributed by atoms with Crippen LogP contribution in [0.4, 0.5) is 0 Å². The molecule has 0 radical (unpaired) electrons. The minimum absolute atomic E-state index is 0.00782. The molecular weight excluding hydrogens is 232 g/mol. The summed E-state index contributed by atoms with van der Waals surface area (Å²) in [7, 11) is 1.59. The second kappa shape index (κ2) is 7.68. The van der Waals surface area contributed by atoms with Crippen molar-refractivity contribution in [2.75, 3.05) is 26.9 Å². The lowest BCUT2D eigenvalue weighted by atomic mass is 10.1. The summed E-state index contributed by atoms with van der Waals surface area (Å²) in [5, 5.41) is 2.68. The molecular formula is C13H20N2O3. The number of methoxy groups -OCH3 is 1. The smallest absolute Gasteiger partial charge is 0.258 e. The third kappa shape index (κ3) is 5.16. The van der Waals surface area contributed by atoms with Gasteiger partial charge < -0.3 is 20.5 Å². The quantitative estimate of drug-likeness (QED) is 0.705. The highest BCUT2D eigenvalue weighted by Gasteiger charge is 2.04. The fourth-order valence-electron chi connectivity index (χ4n) is 1.38. The Kier molecular flexibility index (Phi) is 6.18. The summed E-state index contributed by atoms with van der Waals surface area (Å²) in [6.45, 7) is 2.87. The van der Waals surface area contributed by atoms with Crippen molar-refractivity contribution >= 4 is 5.91 Å². The average molecular weight is 252 g/mol. The van der Waals surface area contributed by atoms with Crippen LogP contribution >= 0.6 is 0 Å². The highest BCUT2D eigenvalue weighted by Crippen LogP contribution is 2.17. The molecule has 0 heterocycles. The first kappa shape index (κ1) is 14.5. The van der Waals surface area contributed by atoms with Crippen molar-refractivity contribution in [3.8, 4) is 5.75 Å². The molecule has 1 amide bonds. The molecule has 0 spiro atoms. The highest BCUT2D eigenvalue weighted by atomic mass is 16.5. The number of carbonyl (C=O) groups is 1. The van der Waals surface area contributed by atoms with Gasteiger partial charge in [0.25, 0.3) is 5.91 Å². The number of benzene rings is 1. The molecule has 3 N–H and O–H groups in total. The Morgan fingerprint density at radius 1 is 1.50 bits per heavy atom. The lowest BCUT2D eigenvalue weighted by Gasteiger charge is -2.10. The van der Waals surface area contributed by atoms with E-state index in [1.165, 1.54) is 0 Å². The van der Waals surface area contributed by atoms with E-state index in [9.17, 15) is 4.79 Å². The molecule has 1 aromatic carbocycles. The zero-order chi connectivity index (χ0) is 13.4. The van der Waals surface area contributed by atoms with Crippen LogP contribution in [0.15, 0.2) is 24.3 Å². The standard InChI is InChI=1S/C13H20N2O3/c1-10(14)11-4-3-5-12(8-11)18-9-13(16)15-6-7-17-2/h3-5,8,10H,6-7,9,14H2,1-2H3,(H,15,16)/t10-/m1/s1. The Balaban J connectivity index is 2.38.